The lowest BCUT2D eigenvalue weighted by Gasteiger charge is -2.27. The van der Waals surface area contributed by atoms with E-state index in [-0.39, 0.29) is 6.29 Å². The van der Waals surface area contributed by atoms with Crippen molar-refractivity contribution in [2.75, 3.05) is 13.2 Å². The molecule has 0 spiro atoms. The van der Waals surface area contributed by atoms with E-state index in [1.165, 1.54) is 5.56 Å². The zero-order valence-corrected chi connectivity index (χ0v) is 11.3. The average molecular weight is 246 g/mol. The van der Waals surface area contributed by atoms with Crippen LogP contribution in [-0.4, -0.2) is 13.2 Å². The minimum Gasteiger partial charge on any atom is -0.348 e. The zero-order valence-electron chi connectivity index (χ0n) is 11.3. The third-order valence-electron chi connectivity index (χ3n) is 3.15. The summed E-state index contributed by atoms with van der Waals surface area (Å²) in [4.78, 5) is 0. The van der Waals surface area contributed by atoms with Gasteiger partial charge in [-0.3, -0.25) is 0 Å². The number of ether oxygens (including phenoxy) is 2. The highest BCUT2D eigenvalue weighted by molar-refractivity contribution is 5.24. The van der Waals surface area contributed by atoms with Crippen molar-refractivity contribution in [3.05, 3.63) is 47.5 Å². The molecule has 0 N–H and O–H groups in total. The molecule has 0 radical (unpaired) electrons. The normalized spacial score (nSPS) is 24.6. The first-order chi connectivity index (χ1) is 8.79. The van der Waals surface area contributed by atoms with Gasteiger partial charge in [0.2, 0.25) is 0 Å². The van der Waals surface area contributed by atoms with Crippen molar-refractivity contribution in [3.63, 3.8) is 0 Å². The van der Waals surface area contributed by atoms with Gasteiger partial charge in [-0.2, -0.15) is 0 Å². The lowest BCUT2D eigenvalue weighted by Crippen LogP contribution is -2.24. The fourth-order valence-electron chi connectivity index (χ4n) is 2.05. The minimum atomic E-state index is -0.175. The Morgan fingerprint density at radius 2 is 1.83 bits per heavy atom. The molecule has 1 heterocycles. The van der Waals surface area contributed by atoms with Crippen LogP contribution in [-0.2, 0) is 15.9 Å². The topological polar surface area (TPSA) is 18.5 Å². The van der Waals surface area contributed by atoms with Crippen LogP contribution in [0.25, 0.3) is 0 Å². The highest BCUT2D eigenvalue weighted by atomic mass is 16.7. The highest BCUT2D eigenvalue weighted by Crippen LogP contribution is 2.25. The molecule has 18 heavy (non-hydrogen) atoms. The number of hydrogen-bond acceptors (Lipinski definition) is 2. The Labute approximate surface area is 110 Å². The largest absolute Gasteiger partial charge is 0.348 e. The van der Waals surface area contributed by atoms with Crippen molar-refractivity contribution in [2.24, 2.45) is 5.92 Å². The van der Waals surface area contributed by atoms with Crippen LogP contribution >= 0.6 is 0 Å². The van der Waals surface area contributed by atoms with E-state index in [2.05, 4.69) is 50.3 Å². The second-order valence-corrected chi connectivity index (χ2v) is 4.95. The summed E-state index contributed by atoms with van der Waals surface area (Å²) in [5, 5.41) is 0. The van der Waals surface area contributed by atoms with E-state index in [1.807, 2.05) is 0 Å². The molecule has 2 heteroatoms. The van der Waals surface area contributed by atoms with E-state index in [0.717, 1.165) is 31.6 Å². The van der Waals surface area contributed by atoms with Gasteiger partial charge in [0.05, 0.1) is 13.2 Å². The minimum absolute atomic E-state index is 0.175. The molecule has 2 nitrogen and oxygen atoms in total. The van der Waals surface area contributed by atoms with Gasteiger partial charge >= 0.3 is 0 Å². The van der Waals surface area contributed by atoms with Crippen LogP contribution in [0.15, 0.2) is 36.4 Å². The maximum absolute atomic E-state index is 5.68. The summed E-state index contributed by atoms with van der Waals surface area (Å²) in [6.07, 6.45) is 6.31. The van der Waals surface area contributed by atoms with Gasteiger partial charge in [-0.15, -0.1) is 0 Å². The second-order valence-electron chi connectivity index (χ2n) is 4.95. The van der Waals surface area contributed by atoms with Crippen molar-refractivity contribution in [2.45, 2.75) is 33.0 Å². The van der Waals surface area contributed by atoms with Gasteiger partial charge in [0.25, 0.3) is 0 Å². The SMILES string of the molecule is CC=CCCc1ccc(C2OCC(C)CO2)cc1. The average Bonchev–Trinajstić information content (AvgIpc) is 2.41. The summed E-state index contributed by atoms with van der Waals surface area (Å²) in [6, 6.07) is 8.57. The second kappa shape index (κ2) is 6.72. The number of benzene rings is 1. The highest BCUT2D eigenvalue weighted by Gasteiger charge is 2.20. The fourth-order valence-corrected chi connectivity index (χ4v) is 2.05. The predicted octanol–water partition coefficient (Wildman–Crippen LogP) is 3.88. The predicted molar refractivity (Wildman–Crippen MR) is 73.4 cm³/mol. The Kier molecular flexibility index (Phi) is 4.97. The first-order valence-corrected chi connectivity index (χ1v) is 6.73. The van der Waals surface area contributed by atoms with E-state index >= 15 is 0 Å². The van der Waals surface area contributed by atoms with Gasteiger partial charge < -0.3 is 9.47 Å². The number of allylic oxidation sites excluding steroid dienone is 2. The molecular weight excluding hydrogens is 224 g/mol. The first kappa shape index (κ1) is 13.3. The Balaban J connectivity index is 1.90. The third-order valence-corrected chi connectivity index (χ3v) is 3.15. The van der Waals surface area contributed by atoms with Gasteiger partial charge in [0.15, 0.2) is 6.29 Å². The Morgan fingerprint density at radius 3 is 2.44 bits per heavy atom. The quantitative estimate of drug-likeness (QED) is 0.751. The summed E-state index contributed by atoms with van der Waals surface area (Å²) in [7, 11) is 0. The summed E-state index contributed by atoms with van der Waals surface area (Å²) in [5.74, 6) is 0.501. The Morgan fingerprint density at radius 1 is 1.17 bits per heavy atom. The van der Waals surface area contributed by atoms with Gasteiger partial charge in [-0.1, -0.05) is 43.3 Å². The third kappa shape index (κ3) is 3.69. The van der Waals surface area contributed by atoms with Crippen LogP contribution in [0, 0.1) is 5.92 Å². The zero-order chi connectivity index (χ0) is 12.8. The standard InChI is InChI=1S/C16H22O2/c1-3-4-5-6-14-7-9-15(10-8-14)16-17-11-13(2)12-18-16/h3-4,7-10,13,16H,5-6,11-12H2,1-2H3. The Bertz CT molecular complexity index is 373. The fraction of sp³-hybridized carbons (Fsp3) is 0.500. The molecular formula is C16H22O2. The summed E-state index contributed by atoms with van der Waals surface area (Å²) in [5.41, 5.74) is 2.48. The number of rotatable bonds is 4. The van der Waals surface area contributed by atoms with Gasteiger partial charge in [0, 0.05) is 11.5 Å². The molecule has 1 aromatic carbocycles. The molecule has 0 unspecified atom stereocenters. The summed E-state index contributed by atoms with van der Waals surface area (Å²) in [6.45, 7) is 5.77. The van der Waals surface area contributed by atoms with E-state index in [1.54, 1.807) is 0 Å². The van der Waals surface area contributed by atoms with Crippen molar-refractivity contribution in [1.82, 2.24) is 0 Å². The van der Waals surface area contributed by atoms with Crippen LogP contribution in [0.3, 0.4) is 0 Å². The van der Waals surface area contributed by atoms with Crippen LogP contribution in [0.5, 0.6) is 0 Å². The molecule has 1 saturated heterocycles. The van der Waals surface area contributed by atoms with Crippen LogP contribution in [0.4, 0.5) is 0 Å². The van der Waals surface area contributed by atoms with Gasteiger partial charge in [0.1, 0.15) is 0 Å². The van der Waals surface area contributed by atoms with Crippen LogP contribution in [0.1, 0.15) is 37.7 Å². The maximum atomic E-state index is 5.68. The van der Waals surface area contributed by atoms with Gasteiger partial charge in [-0.05, 0) is 25.3 Å². The molecule has 0 aromatic heterocycles. The smallest absolute Gasteiger partial charge is 0.183 e. The van der Waals surface area contributed by atoms with Crippen molar-refractivity contribution in [1.29, 1.82) is 0 Å². The van der Waals surface area contributed by atoms with E-state index in [9.17, 15) is 0 Å². The van der Waals surface area contributed by atoms with Crippen molar-refractivity contribution >= 4 is 0 Å². The van der Waals surface area contributed by atoms with Crippen molar-refractivity contribution in [3.8, 4) is 0 Å². The van der Waals surface area contributed by atoms with E-state index in [0.29, 0.717) is 5.92 Å². The van der Waals surface area contributed by atoms with Crippen LogP contribution in [0.2, 0.25) is 0 Å². The Hall–Kier alpha value is -1.12. The monoisotopic (exact) mass is 246 g/mol. The molecule has 0 atom stereocenters. The molecule has 2 rings (SSSR count). The first-order valence-electron chi connectivity index (χ1n) is 6.73. The van der Waals surface area contributed by atoms with Crippen LogP contribution < -0.4 is 0 Å². The molecule has 0 saturated carbocycles. The van der Waals surface area contributed by atoms with E-state index < -0.39 is 0 Å². The molecule has 1 aromatic rings. The molecule has 0 aliphatic carbocycles. The van der Waals surface area contributed by atoms with E-state index in [4.69, 9.17) is 9.47 Å². The summed E-state index contributed by atoms with van der Waals surface area (Å²) < 4.78 is 11.4. The molecule has 0 bridgehead atoms. The molecule has 98 valence electrons. The van der Waals surface area contributed by atoms with Gasteiger partial charge in [-0.25, -0.2) is 0 Å². The van der Waals surface area contributed by atoms with Crippen molar-refractivity contribution < 1.29 is 9.47 Å². The lowest BCUT2D eigenvalue weighted by molar-refractivity contribution is -0.202. The molecule has 1 aliphatic rings. The molecule has 1 fully saturated rings. The summed E-state index contributed by atoms with van der Waals surface area (Å²) >= 11 is 0. The maximum Gasteiger partial charge on any atom is 0.183 e. The number of hydrogen-bond donors (Lipinski definition) is 0. The number of aryl methyl sites for hydroxylation is 1. The molecule has 1 aliphatic heterocycles. The lowest BCUT2D eigenvalue weighted by atomic mass is 10.1. The molecule has 0 amide bonds.